The fraction of sp³-hybridized carbons (Fsp3) is 0.700. The molecule has 90 valence electrons. The zero-order valence-electron chi connectivity index (χ0n) is 9.39. The molecule has 0 aromatic heterocycles. The van der Waals surface area contributed by atoms with Crippen LogP contribution in [0.4, 0.5) is 0 Å². The highest BCUT2D eigenvalue weighted by atomic mass is 16.5. The number of hydrogen-bond donors (Lipinski definition) is 0. The topological polar surface area (TPSA) is 72.9 Å². The van der Waals surface area contributed by atoms with Crippen LogP contribution in [0.5, 0.6) is 0 Å². The largest absolute Gasteiger partial charge is 0.467 e. The first kappa shape index (κ1) is 12.5. The Kier molecular flexibility index (Phi) is 4.28. The Labute approximate surface area is 93.5 Å². The molecule has 1 atom stereocenters. The van der Waals surface area contributed by atoms with E-state index in [2.05, 4.69) is 9.47 Å². The average molecular weight is 229 g/mol. The molecular formula is C10H15NO5. The zero-order valence-corrected chi connectivity index (χ0v) is 9.39. The Morgan fingerprint density at radius 1 is 1.12 bits per heavy atom. The molecule has 0 spiro atoms. The minimum Gasteiger partial charge on any atom is -0.467 e. The third kappa shape index (κ3) is 2.50. The van der Waals surface area contributed by atoms with Gasteiger partial charge in [0.1, 0.15) is 6.04 Å². The summed E-state index contributed by atoms with van der Waals surface area (Å²) in [5.41, 5.74) is 0. The maximum Gasteiger partial charge on any atom is 0.396 e. The van der Waals surface area contributed by atoms with Gasteiger partial charge in [-0.25, -0.2) is 9.59 Å². The maximum absolute atomic E-state index is 11.6. The normalized spacial score (nSPS) is 20.1. The van der Waals surface area contributed by atoms with E-state index in [4.69, 9.17) is 0 Å². The summed E-state index contributed by atoms with van der Waals surface area (Å²) < 4.78 is 8.94. The van der Waals surface area contributed by atoms with Gasteiger partial charge < -0.3 is 14.4 Å². The first-order chi connectivity index (χ1) is 7.61. The standard InChI is InChI=1S/C10H15NO5/c1-15-9(13)7-5-3-4-6-11(7)8(12)10(14)16-2/h7H,3-6H2,1-2H3/t7-/m0/s1. The van der Waals surface area contributed by atoms with Crippen molar-refractivity contribution in [2.24, 2.45) is 0 Å². The van der Waals surface area contributed by atoms with E-state index >= 15 is 0 Å². The van der Waals surface area contributed by atoms with Crippen molar-refractivity contribution in [2.45, 2.75) is 25.3 Å². The van der Waals surface area contributed by atoms with Gasteiger partial charge in [0.05, 0.1) is 14.2 Å². The number of rotatable bonds is 1. The number of ether oxygens (including phenoxy) is 2. The molecule has 6 heteroatoms. The van der Waals surface area contributed by atoms with Crippen molar-refractivity contribution in [1.82, 2.24) is 4.90 Å². The molecule has 0 bridgehead atoms. The van der Waals surface area contributed by atoms with Gasteiger partial charge in [-0.15, -0.1) is 0 Å². The number of esters is 2. The van der Waals surface area contributed by atoms with Gasteiger partial charge in [-0.3, -0.25) is 4.79 Å². The lowest BCUT2D eigenvalue weighted by Crippen LogP contribution is -2.51. The quantitative estimate of drug-likeness (QED) is 0.456. The Morgan fingerprint density at radius 2 is 1.81 bits per heavy atom. The molecule has 1 aliphatic heterocycles. The predicted octanol–water partition coefficient (Wildman–Crippen LogP) is -0.287. The third-order valence-electron chi connectivity index (χ3n) is 2.60. The first-order valence-corrected chi connectivity index (χ1v) is 5.08. The number of nitrogens with zero attached hydrogens (tertiary/aromatic N) is 1. The summed E-state index contributed by atoms with van der Waals surface area (Å²) in [5.74, 6) is -2.22. The minimum absolute atomic E-state index is 0.383. The second-order valence-electron chi connectivity index (χ2n) is 3.52. The van der Waals surface area contributed by atoms with Crippen LogP contribution < -0.4 is 0 Å². The number of hydrogen-bond acceptors (Lipinski definition) is 5. The molecule has 0 aliphatic carbocycles. The highest BCUT2D eigenvalue weighted by Crippen LogP contribution is 2.18. The summed E-state index contributed by atoms with van der Waals surface area (Å²) >= 11 is 0. The van der Waals surface area contributed by atoms with Gasteiger partial charge in [0.15, 0.2) is 0 Å². The predicted molar refractivity (Wildman–Crippen MR) is 53.4 cm³/mol. The SMILES string of the molecule is COC(=O)C(=O)N1CCCC[C@H]1C(=O)OC. The van der Waals surface area contributed by atoms with Crippen LogP contribution in [-0.4, -0.2) is 49.6 Å². The van der Waals surface area contributed by atoms with Gasteiger partial charge in [0, 0.05) is 6.54 Å². The number of amides is 1. The lowest BCUT2D eigenvalue weighted by atomic mass is 10.0. The van der Waals surface area contributed by atoms with Gasteiger partial charge in [-0.2, -0.15) is 0 Å². The smallest absolute Gasteiger partial charge is 0.396 e. The van der Waals surface area contributed by atoms with Crippen molar-refractivity contribution in [3.63, 3.8) is 0 Å². The molecule has 0 aromatic rings. The van der Waals surface area contributed by atoms with E-state index < -0.39 is 23.9 Å². The highest BCUT2D eigenvalue weighted by Gasteiger charge is 2.36. The lowest BCUT2D eigenvalue weighted by Gasteiger charge is -2.32. The molecule has 1 amide bonds. The Balaban J connectivity index is 2.77. The monoisotopic (exact) mass is 229 g/mol. The molecule has 0 aromatic carbocycles. The highest BCUT2D eigenvalue weighted by molar-refractivity contribution is 6.32. The average Bonchev–Trinajstić information content (AvgIpc) is 2.35. The fourth-order valence-corrected chi connectivity index (χ4v) is 1.76. The van der Waals surface area contributed by atoms with Gasteiger partial charge in [-0.05, 0) is 19.3 Å². The Hall–Kier alpha value is -1.59. The minimum atomic E-state index is -0.948. The number of carbonyl (C=O) groups excluding carboxylic acids is 3. The van der Waals surface area contributed by atoms with Crippen LogP contribution in [0.25, 0.3) is 0 Å². The summed E-state index contributed by atoms with van der Waals surface area (Å²) in [5, 5.41) is 0. The molecule has 6 nitrogen and oxygen atoms in total. The van der Waals surface area contributed by atoms with Crippen molar-refractivity contribution in [3.05, 3.63) is 0 Å². The first-order valence-electron chi connectivity index (χ1n) is 5.08. The van der Waals surface area contributed by atoms with Crippen LogP contribution in [-0.2, 0) is 23.9 Å². The molecule has 0 unspecified atom stereocenters. The third-order valence-corrected chi connectivity index (χ3v) is 2.60. The summed E-state index contributed by atoms with van der Waals surface area (Å²) in [4.78, 5) is 35.4. The molecule has 1 aliphatic rings. The maximum atomic E-state index is 11.6. The van der Waals surface area contributed by atoms with Crippen molar-refractivity contribution < 1.29 is 23.9 Å². The van der Waals surface area contributed by atoms with Gasteiger partial charge >= 0.3 is 17.8 Å². The van der Waals surface area contributed by atoms with Crippen LogP contribution in [0.2, 0.25) is 0 Å². The molecule has 1 saturated heterocycles. The van der Waals surface area contributed by atoms with Crippen molar-refractivity contribution >= 4 is 17.8 Å². The zero-order chi connectivity index (χ0) is 12.1. The van der Waals surface area contributed by atoms with E-state index in [-0.39, 0.29) is 0 Å². The Bertz CT molecular complexity index is 302. The molecule has 1 rings (SSSR count). The number of methoxy groups -OCH3 is 2. The van der Waals surface area contributed by atoms with E-state index in [1.165, 1.54) is 12.0 Å². The second-order valence-corrected chi connectivity index (χ2v) is 3.52. The van der Waals surface area contributed by atoms with E-state index in [0.717, 1.165) is 20.0 Å². The van der Waals surface area contributed by atoms with Crippen LogP contribution in [0.1, 0.15) is 19.3 Å². The van der Waals surface area contributed by atoms with Gasteiger partial charge in [0.2, 0.25) is 0 Å². The van der Waals surface area contributed by atoms with E-state index in [0.29, 0.717) is 13.0 Å². The summed E-state index contributed by atoms with van der Waals surface area (Å²) in [6.07, 6.45) is 2.14. The van der Waals surface area contributed by atoms with E-state index in [1.807, 2.05) is 0 Å². The fourth-order valence-electron chi connectivity index (χ4n) is 1.76. The van der Waals surface area contributed by atoms with Gasteiger partial charge in [0.25, 0.3) is 0 Å². The van der Waals surface area contributed by atoms with Crippen LogP contribution >= 0.6 is 0 Å². The Morgan fingerprint density at radius 3 is 2.38 bits per heavy atom. The molecule has 0 saturated carbocycles. The summed E-state index contributed by atoms with van der Waals surface area (Å²) in [6, 6.07) is -0.662. The van der Waals surface area contributed by atoms with E-state index in [9.17, 15) is 14.4 Å². The molecule has 16 heavy (non-hydrogen) atoms. The van der Waals surface area contributed by atoms with E-state index in [1.54, 1.807) is 0 Å². The summed E-state index contributed by atoms with van der Waals surface area (Å²) in [7, 11) is 2.40. The van der Waals surface area contributed by atoms with Crippen LogP contribution in [0.15, 0.2) is 0 Å². The molecule has 1 heterocycles. The molecular weight excluding hydrogens is 214 g/mol. The van der Waals surface area contributed by atoms with Crippen LogP contribution in [0.3, 0.4) is 0 Å². The molecule has 1 fully saturated rings. The van der Waals surface area contributed by atoms with Crippen molar-refractivity contribution in [1.29, 1.82) is 0 Å². The molecule has 0 radical (unpaired) electrons. The number of carbonyl (C=O) groups is 3. The second kappa shape index (κ2) is 5.48. The van der Waals surface area contributed by atoms with Gasteiger partial charge in [-0.1, -0.05) is 0 Å². The van der Waals surface area contributed by atoms with Crippen molar-refractivity contribution in [2.75, 3.05) is 20.8 Å². The van der Waals surface area contributed by atoms with Crippen molar-refractivity contribution in [3.8, 4) is 0 Å². The molecule has 0 N–H and O–H groups in total. The lowest BCUT2D eigenvalue weighted by molar-refractivity contribution is -0.164. The number of piperidine rings is 1. The number of likely N-dealkylation sites (tertiary alicyclic amines) is 1. The van der Waals surface area contributed by atoms with Crippen LogP contribution in [0, 0.1) is 0 Å². The summed E-state index contributed by atoms with van der Waals surface area (Å²) in [6.45, 7) is 0.383.